The maximum atomic E-state index is 6.13. The standard InChI is InChI=1S/C10H19N/c1-7(8-3-2-4-8)10(11)9-5-6-9/h7-10H,2-6,11H2,1H3. The van der Waals surface area contributed by atoms with Gasteiger partial charge in [0.05, 0.1) is 0 Å². The molecule has 2 atom stereocenters. The van der Waals surface area contributed by atoms with Gasteiger partial charge in [0.1, 0.15) is 0 Å². The van der Waals surface area contributed by atoms with Crippen LogP contribution in [-0.4, -0.2) is 6.04 Å². The highest BCUT2D eigenvalue weighted by molar-refractivity contribution is 4.91. The average molecular weight is 153 g/mol. The summed E-state index contributed by atoms with van der Waals surface area (Å²) in [6, 6.07) is 0.528. The lowest BCUT2D eigenvalue weighted by Crippen LogP contribution is -2.37. The molecule has 0 saturated heterocycles. The largest absolute Gasteiger partial charge is 0.327 e. The fourth-order valence-electron chi connectivity index (χ4n) is 2.19. The molecule has 2 rings (SSSR count). The Morgan fingerprint density at radius 2 is 1.73 bits per heavy atom. The summed E-state index contributed by atoms with van der Waals surface area (Å²) < 4.78 is 0. The molecule has 0 aromatic rings. The highest BCUT2D eigenvalue weighted by atomic mass is 14.7. The Morgan fingerprint density at radius 3 is 2.09 bits per heavy atom. The van der Waals surface area contributed by atoms with Crippen LogP contribution < -0.4 is 5.73 Å². The summed E-state index contributed by atoms with van der Waals surface area (Å²) in [6.45, 7) is 2.35. The van der Waals surface area contributed by atoms with Gasteiger partial charge >= 0.3 is 0 Å². The van der Waals surface area contributed by atoms with Crippen LogP contribution in [0.5, 0.6) is 0 Å². The van der Waals surface area contributed by atoms with E-state index in [1.54, 1.807) is 0 Å². The summed E-state index contributed by atoms with van der Waals surface area (Å²) in [5, 5.41) is 0. The van der Waals surface area contributed by atoms with Crippen molar-refractivity contribution in [2.45, 2.75) is 45.1 Å². The molecule has 0 aromatic carbocycles. The normalized spacial score (nSPS) is 31.1. The molecule has 0 aliphatic heterocycles. The molecule has 0 amide bonds. The molecule has 0 aromatic heterocycles. The molecule has 1 heteroatoms. The van der Waals surface area contributed by atoms with Gasteiger partial charge in [-0.25, -0.2) is 0 Å². The Labute approximate surface area is 69.4 Å². The van der Waals surface area contributed by atoms with Crippen molar-refractivity contribution >= 4 is 0 Å². The van der Waals surface area contributed by atoms with E-state index in [0.717, 1.165) is 17.8 Å². The summed E-state index contributed by atoms with van der Waals surface area (Å²) in [4.78, 5) is 0. The van der Waals surface area contributed by atoms with Crippen molar-refractivity contribution in [2.75, 3.05) is 0 Å². The molecule has 11 heavy (non-hydrogen) atoms. The second kappa shape index (κ2) is 2.78. The van der Waals surface area contributed by atoms with Crippen LogP contribution in [0.25, 0.3) is 0 Å². The zero-order valence-electron chi connectivity index (χ0n) is 7.42. The van der Waals surface area contributed by atoms with E-state index in [9.17, 15) is 0 Å². The van der Waals surface area contributed by atoms with Gasteiger partial charge in [0.25, 0.3) is 0 Å². The van der Waals surface area contributed by atoms with E-state index in [2.05, 4.69) is 6.92 Å². The monoisotopic (exact) mass is 153 g/mol. The number of hydrogen-bond donors (Lipinski definition) is 1. The lowest BCUT2D eigenvalue weighted by molar-refractivity contribution is 0.183. The molecular formula is C10H19N. The Kier molecular flexibility index (Phi) is 1.92. The van der Waals surface area contributed by atoms with Crippen LogP contribution in [0.1, 0.15) is 39.0 Å². The predicted molar refractivity (Wildman–Crippen MR) is 47.2 cm³/mol. The summed E-state index contributed by atoms with van der Waals surface area (Å²) in [5.74, 6) is 2.67. The Hall–Kier alpha value is -0.0400. The minimum atomic E-state index is 0.528. The van der Waals surface area contributed by atoms with Gasteiger partial charge in [0, 0.05) is 6.04 Å². The fraction of sp³-hybridized carbons (Fsp3) is 1.00. The van der Waals surface area contributed by atoms with Crippen LogP contribution >= 0.6 is 0 Å². The molecular weight excluding hydrogens is 134 g/mol. The number of rotatable bonds is 3. The van der Waals surface area contributed by atoms with Crippen molar-refractivity contribution in [1.29, 1.82) is 0 Å². The van der Waals surface area contributed by atoms with Gasteiger partial charge < -0.3 is 5.73 Å². The number of nitrogens with two attached hydrogens (primary N) is 1. The van der Waals surface area contributed by atoms with Gasteiger partial charge in [0.15, 0.2) is 0 Å². The SMILES string of the molecule is CC(C1CCC1)C(N)C1CC1. The zero-order chi connectivity index (χ0) is 7.84. The van der Waals surface area contributed by atoms with E-state index in [4.69, 9.17) is 5.73 Å². The molecule has 1 nitrogen and oxygen atoms in total. The zero-order valence-corrected chi connectivity index (χ0v) is 7.42. The lowest BCUT2D eigenvalue weighted by atomic mass is 9.73. The first-order valence-corrected chi connectivity index (χ1v) is 5.04. The lowest BCUT2D eigenvalue weighted by Gasteiger charge is -2.35. The van der Waals surface area contributed by atoms with Gasteiger partial charge in [-0.1, -0.05) is 26.2 Å². The minimum Gasteiger partial charge on any atom is -0.327 e. The Balaban J connectivity index is 1.81. The number of hydrogen-bond acceptors (Lipinski definition) is 1. The quantitative estimate of drug-likeness (QED) is 0.660. The highest BCUT2D eigenvalue weighted by Gasteiger charge is 2.36. The molecule has 2 aliphatic rings. The molecule has 0 bridgehead atoms. The average Bonchev–Trinajstić information content (AvgIpc) is 2.62. The van der Waals surface area contributed by atoms with Crippen LogP contribution in [0.2, 0.25) is 0 Å². The van der Waals surface area contributed by atoms with Crippen molar-refractivity contribution in [3.63, 3.8) is 0 Å². The van der Waals surface area contributed by atoms with Crippen LogP contribution in [0, 0.1) is 17.8 Å². The van der Waals surface area contributed by atoms with Gasteiger partial charge in [-0.3, -0.25) is 0 Å². The Morgan fingerprint density at radius 1 is 1.09 bits per heavy atom. The Bertz CT molecular complexity index is 136. The molecule has 2 unspecified atom stereocenters. The summed E-state index contributed by atoms with van der Waals surface area (Å²) >= 11 is 0. The smallest absolute Gasteiger partial charge is 0.00956 e. The maximum absolute atomic E-state index is 6.13. The maximum Gasteiger partial charge on any atom is 0.00956 e. The van der Waals surface area contributed by atoms with E-state index in [1.165, 1.54) is 32.1 Å². The van der Waals surface area contributed by atoms with Gasteiger partial charge in [0.2, 0.25) is 0 Å². The van der Waals surface area contributed by atoms with Crippen LogP contribution in [-0.2, 0) is 0 Å². The molecule has 0 radical (unpaired) electrons. The molecule has 2 aliphatic carbocycles. The van der Waals surface area contributed by atoms with Crippen molar-refractivity contribution in [1.82, 2.24) is 0 Å². The van der Waals surface area contributed by atoms with Gasteiger partial charge in [-0.05, 0) is 30.6 Å². The predicted octanol–water partition coefficient (Wildman–Crippen LogP) is 2.16. The minimum absolute atomic E-state index is 0.528. The second-order valence-electron chi connectivity index (χ2n) is 4.46. The first-order chi connectivity index (χ1) is 5.29. The summed E-state index contributed by atoms with van der Waals surface area (Å²) in [6.07, 6.45) is 7.14. The molecule has 0 heterocycles. The molecule has 64 valence electrons. The van der Waals surface area contributed by atoms with Crippen LogP contribution in [0.15, 0.2) is 0 Å². The van der Waals surface area contributed by atoms with Gasteiger partial charge in [-0.2, -0.15) is 0 Å². The first kappa shape index (κ1) is 7.60. The van der Waals surface area contributed by atoms with E-state index < -0.39 is 0 Å². The highest BCUT2D eigenvalue weighted by Crippen LogP contribution is 2.41. The topological polar surface area (TPSA) is 26.0 Å². The third-order valence-electron chi connectivity index (χ3n) is 3.67. The third-order valence-corrected chi connectivity index (χ3v) is 3.67. The van der Waals surface area contributed by atoms with Gasteiger partial charge in [-0.15, -0.1) is 0 Å². The molecule has 2 N–H and O–H groups in total. The van der Waals surface area contributed by atoms with Crippen molar-refractivity contribution in [3.8, 4) is 0 Å². The van der Waals surface area contributed by atoms with Crippen molar-refractivity contribution in [3.05, 3.63) is 0 Å². The fourth-order valence-corrected chi connectivity index (χ4v) is 2.19. The molecule has 0 spiro atoms. The van der Waals surface area contributed by atoms with Crippen LogP contribution in [0.4, 0.5) is 0 Å². The van der Waals surface area contributed by atoms with E-state index in [-0.39, 0.29) is 0 Å². The summed E-state index contributed by atoms with van der Waals surface area (Å²) in [7, 11) is 0. The summed E-state index contributed by atoms with van der Waals surface area (Å²) in [5.41, 5.74) is 6.13. The van der Waals surface area contributed by atoms with Crippen molar-refractivity contribution < 1.29 is 0 Å². The second-order valence-corrected chi connectivity index (χ2v) is 4.46. The van der Waals surface area contributed by atoms with Crippen LogP contribution in [0.3, 0.4) is 0 Å². The molecule has 2 saturated carbocycles. The first-order valence-electron chi connectivity index (χ1n) is 5.04. The van der Waals surface area contributed by atoms with E-state index in [1.807, 2.05) is 0 Å². The van der Waals surface area contributed by atoms with E-state index in [0.29, 0.717) is 6.04 Å². The van der Waals surface area contributed by atoms with Crippen molar-refractivity contribution in [2.24, 2.45) is 23.5 Å². The molecule has 2 fully saturated rings. The van der Waals surface area contributed by atoms with E-state index >= 15 is 0 Å². The third kappa shape index (κ3) is 1.44.